The smallest absolute Gasteiger partial charge is 0.312 e. The van der Waals surface area contributed by atoms with E-state index in [1.807, 2.05) is 24.3 Å². The zero-order chi connectivity index (χ0) is 26.9. The highest BCUT2D eigenvalue weighted by molar-refractivity contribution is 7.88. The largest absolute Gasteiger partial charge is 0.469 e. The maximum Gasteiger partial charge on any atom is 0.312 e. The van der Waals surface area contributed by atoms with Crippen LogP contribution >= 0.6 is 0 Å². The van der Waals surface area contributed by atoms with Crippen LogP contribution in [-0.4, -0.2) is 58.2 Å². The van der Waals surface area contributed by atoms with Crippen molar-refractivity contribution in [2.24, 2.45) is 5.41 Å². The van der Waals surface area contributed by atoms with Crippen LogP contribution in [-0.2, 0) is 30.4 Å². The van der Waals surface area contributed by atoms with Crippen LogP contribution in [0.2, 0.25) is 18.1 Å². The van der Waals surface area contributed by atoms with E-state index >= 15 is 0 Å². The summed E-state index contributed by atoms with van der Waals surface area (Å²) in [7, 11) is -4.48. The number of halogens is 1. The lowest BCUT2D eigenvalue weighted by molar-refractivity contribution is -0.152. The molecule has 3 rings (SSSR count). The van der Waals surface area contributed by atoms with Gasteiger partial charge in [0.05, 0.1) is 37.3 Å². The maximum atomic E-state index is 13.3. The molecule has 0 unspecified atom stereocenters. The first-order valence-corrected chi connectivity index (χ1v) is 16.7. The molecule has 11 heteroatoms. The fourth-order valence-corrected chi connectivity index (χ4v) is 6.65. The van der Waals surface area contributed by atoms with Crippen LogP contribution in [0.5, 0.6) is 0 Å². The first-order chi connectivity index (χ1) is 16.6. The van der Waals surface area contributed by atoms with Crippen LogP contribution in [0.3, 0.4) is 0 Å². The number of carbonyl (C=O) groups excluding carboxylic acids is 1. The predicted molar refractivity (Wildman–Crippen MR) is 139 cm³/mol. The van der Waals surface area contributed by atoms with Gasteiger partial charge in [-0.1, -0.05) is 39.0 Å². The molecule has 1 aromatic carbocycles. The van der Waals surface area contributed by atoms with Crippen LogP contribution in [0.25, 0.3) is 11.4 Å². The number of nitrogens with one attached hydrogen (secondary N) is 1. The number of nitrogens with zero attached hydrogens (tertiary/aromatic N) is 2. The van der Waals surface area contributed by atoms with E-state index in [4.69, 9.17) is 9.16 Å². The molecule has 0 radical (unpaired) electrons. The van der Waals surface area contributed by atoms with Crippen molar-refractivity contribution in [3.05, 3.63) is 48.0 Å². The molecule has 36 heavy (non-hydrogen) atoms. The van der Waals surface area contributed by atoms with Gasteiger partial charge in [0.15, 0.2) is 20.0 Å². The molecule has 0 saturated heterocycles. The first-order valence-electron chi connectivity index (χ1n) is 11.9. The molecule has 1 saturated carbocycles. The van der Waals surface area contributed by atoms with Gasteiger partial charge < -0.3 is 9.16 Å². The van der Waals surface area contributed by atoms with E-state index in [2.05, 4.69) is 48.6 Å². The molecule has 3 atom stereocenters. The average molecular weight is 538 g/mol. The van der Waals surface area contributed by atoms with Crippen molar-refractivity contribution in [1.29, 1.82) is 0 Å². The zero-order valence-corrected chi connectivity index (χ0v) is 23.8. The number of aromatic nitrogens is 2. The van der Waals surface area contributed by atoms with E-state index < -0.39 is 47.7 Å². The van der Waals surface area contributed by atoms with Gasteiger partial charge in [-0.05, 0) is 49.0 Å². The molecular weight excluding hydrogens is 501 g/mol. The van der Waals surface area contributed by atoms with E-state index in [0.29, 0.717) is 24.2 Å². The fourth-order valence-electron chi connectivity index (χ4n) is 4.51. The molecule has 1 N–H and O–H groups in total. The summed E-state index contributed by atoms with van der Waals surface area (Å²) < 4.78 is 52.3. The maximum absolute atomic E-state index is 13.3. The van der Waals surface area contributed by atoms with Crippen LogP contribution < -0.4 is 4.72 Å². The van der Waals surface area contributed by atoms with Gasteiger partial charge >= 0.3 is 5.97 Å². The third-order valence-electron chi connectivity index (χ3n) is 7.24. The highest BCUT2D eigenvalue weighted by Gasteiger charge is 2.54. The Bertz CT molecular complexity index is 1200. The minimum Gasteiger partial charge on any atom is -0.469 e. The molecule has 0 spiro atoms. The predicted octanol–water partition coefficient (Wildman–Crippen LogP) is 4.09. The second-order valence-electron chi connectivity index (χ2n) is 11.2. The van der Waals surface area contributed by atoms with Crippen LogP contribution in [0.15, 0.2) is 36.7 Å². The standard InChI is InChI=1S/C25H36FN3O5SSi/c1-24(2,3)36(6,7)34-21-14-25(23(30)33-4,13-20(21)29-35(5,31)32)12-17-9-8-10-18(11-17)22-27-15-19(26)16-28-22/h8-11,15-16,20-21,29H,12-14H2,1-7H3/t20-,21+,25-/m1/s1. The Morgan fingerprint density at radius 1 is 1.22 bits per heavy atom. The minimum atomic E-state index is -3.55. The molecule has 1 aliphatic rings. The van der Waals surface area contributed by atoms with Crippen molar-refractivity contribution >= 4 is 24.3 Å². The number of carbonyl (C=O) groups is 1. The summed E-state index contributed by atoms with van der Waals surface area (Å²) in [5, 5.41) is -0.0946. The van der Waals surface area contributed by atoms with Gasteiger partial charge in [-0.25, -0.2) is 27.5 Å². The Hall–Kier alpha value is -2.21. The molecule has 8 nitrogen and oxygen atoms in total. The second kappa shape index (κ2) is 10.3. The second-order valence-corrected chi connectivity index (χ2v) is 17.7. The number of benzene rings is 1. The normalized spacial score (nSPS) is 23.0. The number of sulfonamides is 1. The Kier molecular flexibility index (Phi) is 8.09. The third kappa shape index (κ3) is 6.56. The monoisotopic (exact) mass is 537 g/mol. The van der Waals surface area contributed by atoms with Gasteiger partial charge in [0.2, 0.25) is 10.0 Å². The number of rotatable bonds is 8. The van der Waals surface area contributed by atoms with Gasteiger partial charge in [-0.3, -0.25) is 4.79 Å². The van der Waals surface area contributed by atoms with Crippen LogP contribution in [0, 0.1) is 11.2 Å². The first kappa shape index (κ1) is 28.4. The molecule has 0 bridgehead atoms. The van der Waals surface area contributed by atoms with E-state index in [-0.39, 0.29) is 11.5 Å². The Balaban J connectivity index is 1.98. The Morgan fingerprint density at radius 3 is 2.42 bits per heavy atom. The molecule has 1 aliphatic carbocycles. The van der Waals surface area contributed by atoms with Gasteiger partial charge in [0, 0.05) is 11.6 Å². The molecule has 1 fully saturated rings. The van der Waals surface area contributed by atoms with Crippen molar-refractivity contribution in [2.45, 2.75) is 70.3 Å². The van der Waals surface area contributed by atoms with Crippen molar-refractivity contribution in [3.8, 4) is 11.4 Å². The van der Waals surface area contributed by atoms with E-state index in [0.717, 1.165) is 24.2 Å². The number of hydrogen-bond donors (Lipinski definition) is 1. The van der Waals surface area contributed by atoms with Gasteiger partial charge in [0.25, 0.3) is 0 Å². The Labute approximate surface area is 214 Å². The third-order valence-corrected chi connectivity index (χ3v) is 12.5. The summed E-state index contributed by atoms with van der Waals surface area (Å²) in [6.45, 7) is 10.6. The van der Waals surface area contributed by atoms with Crippen molar-refractivity contribution in [3.63, 3.8) is 0 Å². The lowest BCUT2D eigenvalue weighted by Crippen LogP contribution is -2.49. The summed E-state index contributed by atoms with van der Waals surface area (Å²) in [6, 6.07) is 6.81. The summed E-state index contributed by atoms with van der Waals surface area (Å²) in [6.07, 6.45) is 3.70. The van der Waals surface area contributed by atoms with E-state index in [9.17, 15) is 17.6 Å². The van der Waals surface area contributed by atoms with Crippen molar-refractivity contribution in [2.75, 3.05) is 13.4 Å². The number of hydrogen-bond acceptors (Lipinski definition) is 7. The topological polar surface area (TPSA) is 107 Å². The zero-order valence-electron chi connectivity index (χ0n) is 22.0. The lowest BCUT2D eigenvalue weighted by Gasteiger charge is -2.40. The fraction of sp³-hybridized carbons (Fsp3) is 0.560. The summed E-state index contributed by atoms with van der Waals surface area (Å²) in [5.74, 6) is -0.567. The number of ether oxygens (including phenoxy) is 1. The highest BCUT2D eigenvalue weighted by atomic mass is 32.2. The summed E-state index contributed by atoms with van der Waals surface area (Å²) in [4.78, 5) is 21.3. The molecule has 0 aliphatic heterocycles. The Morgan fingerprint density at radius 2 is 1.86 bits per heavy atom. The molecule has 1 heterocycles. The van der Waals surface area contributed by atoms with Gasteiger partial charge in [-0.2, -0.15) is 0 Å². The molecule has 0 amide bonds. The average Bonchev–Trinajstić information content (AvgIpc) is 3.08. The molecular formula is C25H36FN3O5SSi. The van der Waals surface area contributed by atoms with Crippen LogP contribution in [0.4, 0.5) is 4.39 Å². The van der Waals surface area contributed by atoms with E-state index in [1.165, 1.54) is 7.11 Å². The van der Waals surface area contributed by atoms with Crippen LogP contribution in [0.1, 0.15) is 39.2 Å². The highest BCUT2D eigenvalue weighted by Crippen LogP contribution is 2.47. The van der Waals surface area contributed by atoms with Crippen molar-refractivity contribution < 1.29 is 26.8 Å². The molecule has 2 aromatic rings. The lowest BCUT2D eigenvalue weighted by atomic mass is 9.79. The van der Waals surface area contributed by atoms with E-state index in [1.54, 1.807) is 0 Å². The SMILES string of the molecule is COC(=O)[C@@]1(Cc2cccc(-c3ncc(F)cn3)c2)C[C@H](O[Si](C)(C)C(C)(C)C)[C@H](NS(C)(=O)=O)C1. The summed E-state index contributed by atoms with van der Waals surface area (Å²) in [5.41, 5.74) is 0.522. The molecule has 1 aromatic heterocycles. The van der Waals surface area contributed by atoms with Gasteiger partial charge in [0.1, 0.15) is 0 Å². The number of esters is 1. The number of methoxy groups -OCH3 is 1. The van der Waals surface area contributed by atoms with Crippen molar-refractivity contribution in [1.82, 2.24) is 14.7 Å². The minimum absolute atomic E-state index is 0.0946. The molecule has 198 valence electrons. The van der Waals surface area contributed by atoms with Gasteiger partial charge in [-0.15, -0.1) is 0 Å². The summed E-state index contributed by atoms with van der Waals surface area (Å²) >= 11 is 0. The quantitative estimate of drug-likeness (QED) is 0.399.